The van der Waals surface area contributed by atoms with E-state index in [-0.39, 0.29) is 5.41 Å². The van der Waals surface area contributed by atoms with Crippen LogP contribution in [0.1, 0.15) is 26.3 Å². The zero-order valence-electron chi connectivity index (χ0n) is 35.2. The highest BCUT2D eigenvalue weighted by molar-refractivity contribution is 6.21. The minimum atomic E-state index is -0.163. The molecule has 298 valence electrons. The van der Waals surface area contributed by atoms with Gasteiger partial charge in [-0.2, -0.15) is 8.97 Å². The minimum absolute atomic E-state index is 0.163. The Morgan fingerprint density at radius 2 is 0.984 bits per heavy atom. The number of para-hydroxylation sites is 3. The Morgan fingerprint density at radius 3 is 1.71 bits per heavy atom. The van der Waals surface area contributed by atoms with E-state index in [0.29, 0.717) is 0 Å². The molecule has 0 unspecified atom stereocenters. The largest absolute Gasteiger partial charge is 0.457 e. The maximum absolute atomic E-state index is 6.84. The quantitative estimate of drug-likeness (QED) is 0.143. The molecule has 0 fully saturated rings. The summed E-state index contributed by atoms with van der Waals surface area (Å²) in [5, 5.41) is 12.7. The molecule has 0 aliphatic carbocycles. The zero-order valence-corrected chi connectivity index (χ0v) is 35.2. The van der Waals surface area contributed by atoms with Crippen molar-refractivity contribution in [2.45, 2.75) is 26.2 Å². The van der Waals surface area contributed by atoms with Crippen molar-refractivity contribution in [2.24, 2.45) is 0 Å². The monoisotopic (exact) mass is 809 g/mol. The summed E-state index contributed by atoms with van der Waals surface area (Å²) in [5.74, 6) is 0. The van der Waals surface area contributed by atoms with Crippen molar-refractivity contribution < 1.29 is 8.98 Å². The number of aromatic nitrogens is 4. The molecular weight excluding hydrogens is 769 g/mol. The molecule has 0 saturated carbocycles. The fraction of sp³-hybridized carbons (Fsp3) is 0.0690. The Kier molecular flexibility index (Phi) is 7.50. The molecule has 2 aliphatic heterocycles. The first-order chi connectivity index (χ1) is 30.9. The first-order valence-corrected chi connectivity index (χ1v) is 21.7. The molecule has 5 heterocycles. The van der Waals surface area contributed by atoms with Gasteiger partial charge in [0.15, 0.2) is 11.0 Å². The second-order valence-electron chi connectivity index (χ2n) is 17.8. The fourth-order valence-electron chi connectivity index (χ4n) is 10.2. The van der Waals surface area contributed by atoms with Gasteiger partial charge in [0.2, 0.25) is 0 Å². The lowest BCUT2D eigenvalue weighted by Crippen LogP contribution is -2.29. The van der Waals surface area contributed by atoms with E-state index in [2.05, 4.69) is 222 Å². The number of hydrogen-bond acceptors (Lipinski definition) is 2. The van der Waals surface area contributed by atoms with Crippen LogP contribution in [0.2, 0.25) is 0 Å². The average molecular weight is 810 g/mol. The van der Waals surface area contributed by atoms with Gasteiger partial charge in [-0.3, -0.25) is 4.40 Å². The van der Waals surface area contributed by atoms with Crippen LogP contribution in [0.3, 0.4) is 0 Å². The molecule has 0 atom stereocenters. The Labute approximate surface area is 362 Å². The van der Waals surface area contributed by atoms with E-state index in [1.54, 1.807) is 0 Å². The summed E-state index contributed by atoms with van der Waals surface area (Å²) in [6.07, 6.45) is 2.28. The first kappa shape index (κ1) is 35.7. The summed E-state index contributed by atoms with van der Waals surface area (Å²) < 4.78 is 13.9. The van der Waals surface area contributed by atoms with Crippen molar-refractivity contribution in [3.63, 3.8) is 0 Å². The van der Waals surface area contributed by atoms with E-state index in [1.807, 2.05) is 6.07 Å². The third-order valence-corrected chi connectivity index (χ3v) is 13.1. The molecular formula is C58H41N4O+. The van der Waals surface area contributed by atoms with Gasteiger partial charge in [-0.05, 0) is 92.5 Å². The molecule has 5 nitrogen and oxygen atoms in total. The Morgan fingerprint density at radius 1 is 0.444 bits per heavy atom. The number of nitrogens with zero attached hydrogens (tertiary/aromatic N) is 4. The van der Waals surface area contributed by atoms with Crippen LogP contribution in [0.15, 0.2) is 199 Å². The minimum Gasteiger partial charge on any atom is -0.457 e. The summed E-state index contributed by atoms with van der Waals surface area (Å²) in [4.78, 5) is 5.67. The van der Waals surface area contributed by atoms with Crippen molar-refractivity contribution in [2.75, 3.05) is 0 Å². The van der Waals surface area contributed by atoms with E-state index in [0.717, 1.165) is 87.9 Å². The van der Waals surface area contributed by atoms with E-state index >= 15 is 0 Å². The van der Waals surface area contributed by atoms with Crippen molar-refractivity contribution in [1.29, 1.82) is 0 Å². The van der Waals surface area contributed by atoms with Gasteiger partial charge in [0, 0.05) is 44.5 Å². The summed E-state index contributed by atoms with van der Waals surface area (Å²) >= 11 is 0. The fourth-order valence-corrected chi connectivity index (χ4v) is 10.2. The highest BCUT2D eigenvalue weighted by atomic mass is 16.3. The van der Waals surface area contributed by atoms with E-state index in [1.165, 1.54) is 32.5 Å². The lowest BCUT2D eigenvalue weighted by atomic mass is 9.87. The van der Waals surface area contributed by atoms with Crippen LogP contribution in [0.25, 0.3) is 115 Å². The SMILES string of the molecule is CC(C)(C)c1cc2nc(c1)n1c3ccccc3c3ccc(cc31)oc1cccc(c1)n1c[n+]3c4c(cccc41)c1ccccc1c1ccccc1c1cccc(c1-3)c1ccccc21. The smallest absolute Gasteiger partial charge is 0.255 e. The van der Waals surface area contributed by atoms with E-state index in [4.69, 9.17) is 9.40 Å². The second kappa shape index (κ2) is 13.2. The van der Waals surface area contributed by atoms with Crippen LogP contribution >= 0.6 is 0 Å². The summed E-state index contributed by atoms with van der Waals surface area (Å²) in [6, 6.07) is 68.2. The molecule has 8 aromatic carbocycles. The number of hydrogen-bond donors (Lipinski definition) is 0. The van der Waals surface area contributed by atoms with Crippen molar-refractivity contribution in [3.8, 4) is 5.69 Å². The number of rotatable bonds is 0. The third-order valence-electron chi connectivity index (χ3n) is 13.1. The first-order valence-electron chi connectivity index (χ1n) is 21.7. The molecule has 0 spiro atoms. The van der Waals surface area contributed by atoms with Gasteiger partial charge in [-0.15, -0.1) is 0 Å². The van der Waals surface area contributed by atoms with E-state index < -0.39 is 0 Å². The topological polar surface area (TPSA) is 38.7 Å². The van der Waals surface area contributed by atoms with Crippen molar-refractivity contribution >= 4 is 109 Å². The van der Waals surface area contributed by atoms with Crippen LogP contribution in [0.4, 0.5) is 0 Å². The maximum Gasteiger partial charge on any atom is 0.255 e. The standard InChI is InChI=1S/C58H41N4O/c1-58(2,3)36-31-51-45-22-9-8-21-44(45)49-25-13-24-48-42-19-6-4-17-40(42)41-18-5-7-20-43(41)50-26-14-28-53-57(50)61(56(48)49)35-60(53)37-15-12-16-38(33-37)63-39-29-30-47-46-23-10-11-27-52(46)62(54(47)34-39)55(32-36)59-51/h4-35H,1-3H3/q+1. The van der Waals surface area contributed by atoms with Gasteiger partial charge in [0.1, 0.15) is 28.0 Å². The van der Waals surface area contributed by atoms with Crippen molar-refractivity contribution in [3.05, 3.63) is 200 Å². The molecule has 13 rings (SSSR count). The molecule has 63 heavy (non-hydrogen) atoms. The molecule has 11 aromatic rings. The highest BCUT2D eigenvalue weighted by Crippen LogP contribution is 2.38. The lowest BCUT2D eigenvalue weighted by molar-refractivity contribution is -0.563. The molecule has 8 bridgehead atoms. The number of benzene rings is 8. The van der Waals surface area contributed by atoms with Crippen LogP contribution in [-0.2, 0) is 5.41 Å². The van der Waals surface area contributed by atoms with Gasteiger partial charge < -0.3 is 4.42 Å². The normalized spacial score (nSPS) is 12.4. The number of fused-ring (bicyclic) bond motifs is 20. The maximum atomic E-state index is 6.84. The molecule has 3 aromatic heterocycles. The Balaban J connectivity index is 1.38. The predicted molar refractivity (Wildman–Crippen MR) is 263 cm³/mol. The molecule has 0 N–H and O–H groups in total. The Bertz CT molecular complexity index is 4200. The molecule has 0 radical (unpaired) electrons. The third kappa shape index (κ3) is 5.36. The molecule has 2 aliphatic rings. The number of pyridine rings is 1. The van der Waals surface area contributed by atoms with Gasteiger partial charge in [-0.25, -0.2) is 4.98 Å². The summed E-state index contributed by atoms with van der Waals surface area (Å²) in [7, 11) is 0. The zero-order chi connectivity index (χ0) is 42.0. The van der Waals surface area contributed by atoms with Crippen molar-refractivity contribution in [1.82, 2.24) is 13.8 Å². The van der Waals surface area contributed by atoms with Crippen LogP contribution < -0.4 is 4.57 Å². The predicted octanol–water partition coefficient (Wildman–Crippen LogP) is 14.8. The van der Waals surface area contributed by atoms with Gasteiger partial charge in [0.25, 0.3) is 6.33 Å². The molecule has 5 heteroatoms. The lowest BCUT2D eigenvalue weighted by Gasteiger charge is -2.19. The summed E-state index contributed by atoms with van der Waals surface area (Å²) in [6.45, 7) is 6.86. The van der Waals surface area contributed by atoms with Gasteiger partial charge >= 0.3 is 0 Å². The van der Waals surface area contributed by atoms with Crippen LogP contribution in [-0.4, -0.2) is 13.8 Å². The van der Waals surface area contributed by atoms with Gasteiger partial charge in [-0.1, -0.05) is 142 Å². The average Bonchev–Trinajstić information content (AvgIpc) is 3.87. The van der Waals surface area contributed by atoms with Crippen LogP contribution in [0, 0.1) is 0 Å². The molecule has 0 amide bonds. The second-order valence-corrected chi connectivity index (χ2v) is 17.8. The number of imidazole rings is 1. The van der Waals surface area contributed by atoms with Crippen LogP contribution in [0.5, 0.6) is 0 Å². The van der Waals surface area contributed by atoms with Gasteiger partial charge in [0.05, 0.1) is 16.6 Å². The van der Waals surface area contributed by atoms with E-state index in [9.17, 15) is 0 Å². The Hall–Kier alpha value is -8.02. The summed E-state index contributed by atoms with van der Waals surface area (Å²) in [5.41, 5.74) is 10.8. The highest BCUT2D eigenvalue weighted by Gasteiger charge is 2.24. The molecule has 0 saturated heterocycles.